The fourth-order valence-electron chi connectivity index (χ4n) is 5.17. The van der Waals surface area contributed by atoms with Crippen molar-refractivity contribution in [3.8, 4) is 0 Å². The fraction of sp³-hybridized carbons (Fsp3) is 0.480. The molecule has 2 aliphatic rings. The van der Waals surface area contributed by atoms with Crippen molar-refractivity contribution in [2.24, 2.45) is 7.05 Å². The number of rotatable bonds is 9. The Kier molecular flexibility index (Phi) is 5.12. The number of hydrogen-bond acceptors (Lipinski definition) is 6. The van der Waals surface area contributed by atoms with Crippen molar-refractivity contribution in [3.63, 3.8) is 0 Å². The molecular weight excluding hydrogens is 444 g/mol. The lowest BCUT2D eigenvalue weighted by Crippen LogP contribution is -2.36. The third-order valence-corrected chi connectivity index (χ3v) is 7.08. The highest BCUT2D eigenvalue weighted by Gasteiger charge is 2.42. The molecule has 0 unspecified atom stereocenters. The number of hydrogen-bond donors (Lipinski definition) is 1. The second kappa shape index (κ2) is 8.21. The average Bonchev–Trinajstić information content (AvgIpc) is 3.76. The molecule has 2 aliphatic carbocycles. The number of pyridine rings is 1. The number of fused-ring (bicyclic) bond motifs is 3. The molecule has 0 bridgehead atoms. The molecule has 182 valence electrons. The lowest BCUT2D eigenvalue weighted by atomic mass is 10.2. The van der Waals surface area contributed by atoms with E-state index in [-0.39, 0.29) is 5.91 Å². The van der Waals surface area contributed by atoms with E-state index in [0.717, 1.165) is 59.7 Å². The zero-order valence-corrected chi connectivity index (χ0v) is 20.4. The molecule has 4 heterocycles. The van der Waals surface area contributed by atoms with Crippen LogP contribution < -0.4 is 5.32 Å². The van der Waals surface area contributed by atoms with Crippen LogP contribution in [0.25, 0.3) is 22.1 Å². The molecule has 1 amide bonds. The van der Waals surface area contributed by atoms with Gasteiger partial charge in [0.05, 0.1) is 18.3 Å². The van der Waals surface area contributed by atoms with Gasteiger partial charge in [-0.05, 0) is 45.6 Å². The third kappa shape index (κ3) is 3.67. The first-order valence-corrected chi connectivity index (χ1v) is 12.5. The SMILES string of the molecule is CCn1nc(Nc2nc3c(cc(CC(=O)N(C4CC4)C4CC4)n3CC)c3c2ncn3C)cc1C=O. The highest BCUT2D eigenvalue weighted by atomic mass is 16.2. The third-order valence-electron chi connectivity index (χ3n) is 7.08. The topological polar surface area (TPSA) is 103 Å². The van der Waals surface area contributed by atoms with Gasteiger partial charge >= 0.3 is 0 Å². The van der Waals surface area contributed by atoms with E-state index in [4.69, 9.17) is 4.98 Å². The van der Waals surface area contributed by atoms with Gasteiger partial charge < -0.3 is 19.4 Å². The van der Waals surface area contributed by atoms with Gasteiger partial charge in [0.2, 0.25) is 5.91 Å². The van der Waals surface area contributed by atoms with Crippen molar-refractivity contribution in [2.45, 2.75) is 71.1 Å². The minimum Gasteiger partial charge on any atom is -0.336 e. The minimum absolute atomic E-state index is 0.221. The Morgan fingerprint density at radius 3 is 2.51 bits per heavy atom. The smallest absolute Gasteiger partial charge is 0.229 e. The van der Waals surface area contributed by atoms with Crippen LogP contribution in [0.4, 0.5) is 11.6 Å². The normalized spacial score (nSPS) is 15.7. The highest BCUT2D eigenvalue weighted by Crippen LogP contribution is 2.38. The van der Waals surface area contributed by atoms with E-state index in [2.05, 4.69) is 37.9 Å². The minimum atomic E-state index is 0.221. The van der Waals surface area contributed by atoms with Crippen LogP contribution in [0.5, 0.6) is 0 Å². The molecule has 6 rings (SSSR count). The lowest BCUT2D eigenvalue weighted by Gasteiger charge is -2.22. The summed E-state index contributed by atoms with van der Waals surface area (Å²) in [4.78, 5) is 36.4. The van der Waals surface area contributed by atoms with E-state index in [0.29, 0.717) is 48.9 Å². The zero-order chi connectivity index (χ0) is 24.3. The largest absolute Gasteiger partial charge is 0.336 e. The summed E-state index contributed by atoms with van der Waals surface area (Å²) in [6.45, 7) is 5.31. The first-order valence-electron chi connectivity index (χ1n) is 12.5. The van der Waals surface area contributed by atoms with Crippen LogP contribution >= 0.6 is 0 Å². The molecule has 4 aromatic rings. The molecule has 2 fully saturated rings. The molecule has 10 nitrogen and oxygen atoms in total. The van der Waals surface area contributed by atoms with E-state index in [9.17, 15) is 9.59 Å². The number of nitrogens with zero attached hydrogens (tertiary/aromatic N) is 7. The summed E-state index contributed by atoms with van der Waals surface area (Å²) in [6.07, 6.45) is 7.47. The van der Waals surface area contributed by atoms with Gasteiger partial charge in [0.25, 0.3) is 0 Å². The van der Waals surface area contributed by atoms with E-state index in [1.54, 1.807) is 17.1 Å². The van der Waals surface area contributed by atoms with Crippen LogP contribution in [0.15, 0.2) is 18.5 Å². The van der Waals surface area contributed by atoms with Crippen LogP contribution in [0.2, 0.25) is 0 Å². The second-order valence-corrected chi connectivity index (χ2v) is 9.58. The first-order chi connectivity index (χ1) is 17.0. The number of aryl methyl sites for hydroxylation is 3. The number of aldehydes is 1. The van der Waals surface area contributed by atoms with Gasteiger partial charge in [-0.15, -0.1) is 0 Å². The van der Waals surface area contributed by atoms with Crippen molar-refractivity contribution in [2.75, 3.05) is 5.32 Å². The van der Waals surface area contributed by atoms with E-state index >= 15 is 0 Å². The molecule has 0 spiro atoms. The van der Waals surface area contributed by atoms with Gasteiger partial charge in [0, 0.05) is 49.4 Å². The van der Waals surface area contributed by atoms with Gasteiger partial charge in [0.15, 0.2) is 17.9 Å². The Morgan fingerprint density at radius 2 is 1.91 bits per heavy atom. The predicted molar refractivity (Wildman–Crippen MR) is 133 cm³/mol. The number of nitrogens with one attached hydrogen (secondary N) is 1. The Hall–Kier alpha value is -3.69. The molecule has 1 N–H and O–H groups in total. The van der Waals surface area contributed by atoms with Crippen molar-refractivity contribution < 1.29 is 9.59 Å². The molecule has 0 saturated heterocycles. The molecular formula is C25H30N8O2. The molecule has 0 atom stereocenters. The van der Waals surface area contributed by atoms with Gasteiger partial charge in [0.1, 0.15) is 16.9 Å². The van der Waals surface area contributed by atoms with Crippen LogP contribution in [0, 0.1) is 0 Å². The Bertz CT molecular complexity index is 1440. The number of anilines is 2. The maximum atomic E-state index is 13.3. The number of amides is 1. The van der Waals surface area contributed by atoms with E-state index in [1.165, 1.54) is 0 Å². The number of carbonyl (C=O) groups excluding carboxylic acids is 2. The number of carbonyl (C=O) groups is 2. The molecule has 2 saturated carbocycles. The number of aromatic nitrogens is 6. The Balaban J connectivity index is 1.42. The van der Waals surface area contributed by atoms with E-state index < -0.39 is 0 Å². The molecule has 35 heavy (non-hydrogen) atoms. The van der Waals surface area contributed by atoms with Gasteiger partial charge in [-0.1, -0.05) is 0 Å². The average molecular weight is 475 g/mol. The summed E-state index contributed by atoms with van der Waals surface area (Å²) in [5.74, 6) is 1.34. The summed E-state index contributed by atoms with van der Waals surface area (Å²) in [5.41, 5.74) is 3.96. The Morgan fingerprint density at radius 1 is 1.17 bits per heavy atom. The van der Waals surface area contributed by atoms with Crippen molar-refractivity contribution in [1.82, 2.24) is 33.8 Å². The summed E-state index contributed by atoms with van der Waals surface area (Å²) < 4.78 is 5.76. The summed E-state index contributed by atoms with van der Waals surface area (Å²) in [5, 5.41) is 8.74. The van der Waals surface area contributed by atoms with Gasteiger partial charge in [-0.25, -0.2) is 9.97 Å². The monoisotopic (exact) mass is 474 g/mol. The Labute approximate surface area is 202 Å². The van der Waals surface area contributed by atoms with Crippen molar-refractivity contribution in [3.05, 3.63) is 29.8 Å². The predicted octanol–water partition coefficient (Wildman–Crippen LogP) is 3.41. The van der Waals surface area contributed by atoms with Crippen LogP contribution in [0.1, 0.15) is 55.7 Å². The first kappa shape index (κ1) is 21.8. The van der Waals surface area contributed by atoms with Crippen molar-refractivity contribution in [1.29, 1.82) is 0 Å². The highest BCUT2D eigenvalue weighted by molar-refractivity contribution is 6.07. The van der Waals surface area contributed by atoms with Gasteiger partial charge in [-0.2, -0.15) is 5.10 Å². The van der Waals surface area contributed by atoms with Crippen LogP contribution in [-0.2, 0) is 31.4 Å². The molecule has 4 aromatic heterocycles. The molecule has 0 aromatic carbocycles. The van der Waals surface area contributed by atoms with E-state index in [1.807, 2.05) is 18.5 Å². The standard InChI is InChI=1S/C25H30N8O2/c1-4-31-17(12-21(35)33(15-6-7-15)16-8-9-16)10-19-23-22(26-14-30(23)3)24(28-25(19)31)27-20-11-18(13-34)32(5-2)29-20/h10-11,13-16H,4-9,12H2,1-3H3,(H,27,28,29). The maximum absolute atomic E-state index is 13.3. The molecule has 0 aliphatic heterocycles. The molecule has 0 radical (unpaired) electrons. The number of imidazole rings is 1. The van der Waals surface area contributed by atoms with Gasteiger partial charge in [-0.3, -0.25) is 14.3 Å². The van der Waals surface area contributed by atoms with Crippen LogP contribution in [-0.4, -0.2) is 58.1 Å². The summed E-state index contributed by atoms with van der Waals surface area (Å²) >= 11 is 0. The van der Waals surface area contributed by atoms with Crippen LogP contribution in [0.3, 0.4) is 0 Å². The zero-order valence-electron chi connectivity index (χ0n) is 20.4. The lowest BCUT2D eigenvalue weighted by molar-refractivity contribution is -0.131. The second-order valence-electron chi connectivity index (χ2n) is 9.58. The quantitative estimate of drug-likeness (QED) is 0.373. The maximum Gasteiger partial charge on any atom is 0.229 e. The fourth-order valence-corrected chi connectivity index (χ4v) is 5.17. The summed E-state index contributed by atoms with van der Waals surface area (Å²) in [7, 11) is 1.96. The molecule has 10 heteroatoms. The van der Waals surface area contributed by atoms with Crippen molar-refractivity contribution >= 4 is 45.9 Å². The summed E-state index contributed by atoms with van der Waals surface area (Å²) in [6, 6.07) is 4.69.